The fourth-order valence-electron chi connectivity index (χ4n) is 3.97. The zero-order valence-corrected chi connectivity index (χ0v) is 17.1. The Balaban J connectivity index is 1.85. The van der Waals surface area contributed by atoms with Gasteiger partial charge in [0.15, 0.2) is 0 Å². The fourth-order valence-corrected chi connectivity index (χ4v) is 5.14. The van der Waals surface area contributed by atoms with E-state index >= 15 is 0 Å². The molecule has 1 aliphatic rings. The molecule has 2 aromatic rings. The maximum absolute atomic E-state index is 12.3. The lowest BCUT2D eigenvalue weighted by atomic mass is 9.76. The number of aryl methyl sites for hydroxylation is 1. The number of benzene rings is 2. The van der Waals surface area contributed by atoms with Gasteiger partial charge < -0.3 is 5.73 Å². The summed E-state index contributed by atoms with van der Waals surface area (Å²) in [6.07, 6.45) is 3.54. The molecule has 27 heavy (non-hydrogen) atoms. The summed E-state index contributed by atoms with van der Waals surface area (Å²) in [7, 11) is -1.53. The third-order valence-corrected chi connectivity index (χ3v) is 7.52. The molecule has 0 saturated carbocycles. The lowest BCUT2D eigenvalue weighted by Crippen LogP contribution is -2.34. The van der Waals surface area contributed by atoms with Crippen molar-refractivity contribution in [3.63, 3.8) is 0 Å². The molecule has 0 spiro atoms. The zero-order valence-electron chi connectivity index (χ0n) is 16.3. The molecule has 2 aromatic carbocycles. The summed E-state index contributed by atoms with van der Waals surface area (Å²) in [4.78, 5) is 0. The second-order valence-corrected chi connectivity index (χ2v) is 9.80. The van der Waals surface area contributed by atoms with Crippen molar-refractivity contribution in [3.8, 4) is 0 Å². The van der Waals surface area contributed by atoms with Gasteiger partial charge in [0.2, 0.25) is 10.0 Å². The quantitative estimate of drug-likeness (QED) is 0.793. The van der Waals surface area contributed by atoms with Crippen molar-refractivity contribution in [2.75, 3.05) is 12.8 Å². The third-order valence-electron chi connectivity index (χ3n) is 5.51. The Labute approximate surface area is 163 Å². The number of fused-ring (bicyclic) bond motifs is 1. The highest BCUT2D eigenvalue weighted by Gasteiger charge is 2.28. The van der Waals surface area contributed by atoms with Crippen molar-refractivity contribution in [1.29, 1.82) is 0 Å². The summed E-state index contributed by atoms with van der Waals surface area (Å²) < 4.78 is 26.0. The van der Waals surface area contributed by atoms with Gasteiger partial charge in [0.1, 0.15) is 0 Å². The van der Waals surface area contributed by atoms with Gasteiger partial charge in [0.05, 0.1) is 5.75 Å². The molecule has 0 saturated heterocycles. The highest BCUT2D eigenvalue weighted by molar-refractivity contribution is 7.89. The van der Waals surface area contributed by atoms with E-state index in [-0.39, 0.29) is 17.7 Å². The Morgan fingerprint density at radius 1 is 1.11 bits per heavy atom. The van der Waals surface area contributed by atoms with E-state index in [1.165, 1.54) is 21.0 Å². The minimum Gasteiger partial charge on any atom is -0.327 e. The van der Waals surface area contributed by atoms with E-state index in [1.807, 2.05) is 13.0 Å². The summed E-state index contributed by atoms with van der Waals surface area (Å²) in [6, 6.07) is 17.0. The molecule has 0 aromatic heterocycles. The van der Waals surface area contributed by atoms with Crippen molar-refractivity contribution in [2.24, 2.45) is 5.73 Å². The number of hydrogen-bond donors (Lipinski definition) is 1. The van der Waals surface area contributed by atoms with Gasteiger partial charge >= 0.3 is 0 Å². The number of hydrogen-bond acceptors (Lipinski definition) is 3. The second-order valence-electron chi connectivity index (χ2n) is 7.60. The van der Waals surface area contributed by atoms with Crippen molar-refractivity contribution in [1.82, 2.24) is 4.31 Å². The highest BCUT2D eigenvalue weighted by Crippen LogP contribution is 2.34. The first-order valence-electron chi connectivity index (χ1n) is 9.76. The molecule has 0 unspecified atom stereocenters. The summed E-state index contributed by atoms with van der Waals surface area (Å²) >= 11 is 0. The number of nitrogens with zero attached hydrogens (tertiary/aromatic N) is 1. The number of sulfonamides is 1. The Kier molecular flexibility index (Phi) is 6.35. The van der Waals surface area contributed by atoms with Crippen LogP contribution in [0.25, 0.3) is 0 Å². The molecule has 2 N–H and O–H groups in total. The smallest absolute Gasteiger partial charge is 0.214 e. The van der Waals surface area contributed by atoms with Crippen LogP contribution in [0.2, 0.25) is 0 Å². The van der Waals surface area contributed by atoms with Gasteiger partial charge in [0.25, 0.3) is 0 Å². The largest absolute Gasteiger partial charge is 0.327 e. The fraction of sp³-hybridized carbons (Fsp3) is 0.455. The molecule has 3 rings (SSSR count). The zero-order chi connectivity index (χ0) is 19.4. The van der Waals surface area contributed by atoms with Crippen LogP contribution in [0.4, 0.5) is 0 Å². The number of nitrogens with two attached hydrogens (primary N) is 1. The van der Waals surface area contributed by atoms with Gasteiger partial charge in [-0.05, 0) is 47.9 Å². The van der Waals surface area contributed by atoms with Gasteiger partial charge in [-0.25, -0.2) is 12.7 Å². The van der Waals surface area contributed by atoms with E-state index in [0.29, 0.717) is 13.0 Å². The monoisotopic (exact) mass is 386 g/mol. The van der Waals surface area contributed by atoms with Crippen molar-refractivity contribution >= 4 is 10.0 Å². The lowest BCUT2D eigenvalue weighted by Gasteiger charge is -2.32. The van der Waals surface area contributed by atoms with Crippen LogP contribution >= 0.6 is 0 Å². The average Bonchev–Trinajstić information content (AvgIpc) is 2.65. The van der Waals surface area contributed by atoms with E-state index in [9.17, 15) is 8.42 Å². The first kappa shape index (κ1) is 20.1. The Morgan fingerprint density at radius 3 is 2.56 bits per heavy atom. The van der Waals surface area contributed by atoms with Crippen LogP contribution in [-0.2, 0) is 29.4 Å². The molecule has 0 bridgehead atoms. The van der Waals surface area contributed by atoms with Crippen LogP contribution in [0.1, 0.15) is 47.9 Å². The molecule has 4 nitrogen and oxygen atoms in total. The predicted molar refractivity (Wildman–Crippen MR) is 111 cm³/mol. The molecule has 1 aliphatic carbocycles. The van der Waals surface area contributed by atoms with Crippen molar-refractivity contribution in [2.45, 2.75) is 51.1 Å². The standard InChI is InChI=1S/C22H30N2O2S/c1-3-13-27(25,26)24(2)16-18-9-10-19-11-12-22(23)21(20(19)15-18)14-17-7-5-4-6-8-17/h4-10,15,21-22H,3,11-14,16,23H2,1-2H3/t21-,22+/m1/s1. The van der Waals surface area contributed by atoms with Crippen molar-refractivity contribution < 1.29 is 8.42 Å². The molecular formula is C22H30N2O2S. The Morgan fingerprint density at radius 2 is 1.85 bits per heavy atom. The maximum atomic E-state index is 12.3. The normalized spacial score (nSPS) is 19.9. The summed E-state index contributed by atoms with van der Waals surface area (Å²) in [6.45, 7) is 2.29. The molecule has 0 aliphatic heterocycles. The molecule has 0 heterocycles. The van der Waals surface area contributed by atoms with Crippen molar-refractivity contribution in [3.05, 3.63) is 70.8 Å². The van der Waals surface area contributed by atoms with Crippen LogP contribution in [0.15, 0.2) is 48.5 Å². The molecule has 2 atom stereocenters. The molecule has 146 valence electrons. The molecule has 0 radical (unpaired) electrons. The first-order chi connectivity index (χ1) is 12.9. The number of rotatable bonds is 7. The van der Waals surface area contributed by atoms with Crippen LogP contribution in [0.5, 0.6) is 0 Å². The van der Waals surface area contributed by atoms with Gasteiger partial charge in [-0.1, -0.05) is 55.5 Å². The molecule has 0 fully saturated rings. The van der Waals surface area contributed by atoms with Crippen LogP contribution < -0.4 is 5.73 Å². The second kappa shape index (κ2) is 8.55. The SMILES string of the molecule is CCCS(=O)(=O)N(C)Cc1ccc2c(c1)[C@@H](Cc1ccccc1)[C@@H](N)CC2. The topological polar surface area (TPSA) is 63.4 Å². The minimum atomic E-state index is -3.19. The average molecular weight is 387 g/mol. The summed E-state index contributed by atoms with van der Waals surface area (Å²) in [5.74, 6) is 0.462. The summed E-state index contributed by atoms with van der Waals surface area (Å²) in [5, 5.41) is 0. The van der Waals surface area contributed by atoms with Gasteiger partial charge in [0, 0.05) is 25.6 Å². The van der Waals surface area contributed by atoms with Crippen LogP contribution in [0.3, 0.4) is 0 Å². The van der Waals surface area contributed by atoms with E-state index < -0.39 is 10.0 Å². The van der Waals surface area contributed by atoms with Crippen LogP contribution in [0, 0.1) is 0 Å². The minimum absolute atomic E-state index is 0.134. The molecular weight excluding hydrogens is 356 g/mol. The predicted octanol–water partition coefficient (Wildman–Crippen LogP) is 3.46. The lowest BCUT2D eigenvalue weighted by molar-refractivity contribution is 0.457. The van der Waals surface area contributed by atoms with E-state index in [1.54, 1.807) is 7.05 Å². The Bertz CT molecular complexity index is 865. The van der Waals surface area contributed by atoms with Gasteiger partial charge in [-0.2, -0.15) is 0 Å². The van der Waals surface area contributed by atoms with Gasteiger partial charge in [-0.3, -0.25) is 0 Å². The third kappa shape index (κ3) is 4.78. The molecule has 5 heteroatoms. The Hall–Kier alpha value is -1.69. The van der Waals surface area contributed by atoms with E-state index in [2.05, 4.69) is 42.5 Å². The van der Waals surface area contributed by atoms with Crippen LogP contribution in [-0.4, -0.2) is 31.6 Å². The summed E-state index contributed by atoms with van der Waals surface area (Å²) in [5.41, 5.74) is 11.5. The maximum Gasteiger partial charge on any atom is 0.214 e. The molecule has 0 amide bonds. The first-order valence-corrected chi connectivity index (χ1v) is 11.4. The van der Waals surface area contributed by atoms with E-state index in [0.717, 1.165) is 24.8 Å². The van der Waals surface area contributed by atoms with Gasteiger partial charge in [-0.15, -0.1) is 0 Å². The van der Waals surface area contributed by atoms with E-state index in [4.69, 9.17) is 5.73 Å². The highest BCUT2D eigenvalue weighted by atomic mass is 32.2.